The molecular weight excluding hydrogens is 310 g/mol. The summed E-state index contributed by atoms with van der Waals surface area (Å²) in [5.74, 6) is 0.0907. The van der Waals surface area contributed by atoms with E-state index in [1.165, 1.54) is 13.2 Å². The second-order valence-corrected chi connectivity index (χ2v) is 5.56. The summed E-state index contributed by atoms with van der Waals surface area (Å²) in [6.45, 7) is 0. The summed E-state index contributed by atoms with van der Waals surface area (Å²) >= 11 is 0. The van der Waals surface area contributed by atoms with Gasteiger partial charge in [0, 0.05) is 17.7 Å². The first-order valence-electron chi connectivity index (χ1n) is 7.58. The molecule has 0 saturated heterocycles. The molecule has 1 fully saturated rings. The van der Waals surface area contributed by atoms with E-state index in [0.29, 0.717) is 17.1 Å². The van der Waals surface area contributed by atoms with Crippen molar-refractivity contribution in [1.29, 1.82) is 0 Å². The lowest BCUT2D eigenvalue weighted by Gasteiger charge is -2.11. The van der Waals surface area contributed by atoms with Crippen LogP contribution in [0.1, 0.15) is 23.2 Å². The first-order valence-corrected chi connectivity index (χ1v) is 7.58. The zero-order valence-corrected chi connectivity index (χ0v) is 13.1. The molecule has 0 atom stereocenters. The van der Waals surface area contributed by atoms with E-state index in [2.05, 4.69) is 10.6 Å². The number of methoxy groups -OCH3 is 1. The maximum atomic E-state index is 12.4. The quantitative estimate of drug-likeness (QED) is 0.626. The van der Waals surface area contributed by atoms with Crippen molar-refractivity contribution in [3.05, 3.63) is 58.1 Å². The Kier molecular flexibility index (Phi) is 4.33. The summed E-state index contributed by atoms with van der Waals surface area (Å²) in [6.07, 6.45) is 2.01. The van der Waals surface area contributed by atoms with Crippen molar-refractivity contribution in [1.82, 2.24) is 0 Å². The Morgan fingerprint density at radius 3 is 2.62 bits per heavy atom. The number of carbonyl (C=O) groups is 1. The Bertz CT molecular complexity index is 787. The minimum Gasteiger partial charge on any atom is -0.495 e. The van der Waals surface area contributed by atoms with E-state index in [1.54, 1.807) is 36.4 Å². The number of nitro benzene ring substituents is 1. The van der Waals surface area contributed by atoms with Gasteiger partial charge in [0.2, 0.25) is 0 Å². The smallest absolute Gasteiger partial charge is 0.293 e. The molecule has 2 N–H and O–H groups in total. The van der Waals surface area contributed by atoms with Gasteiger partial charge in [0.25, 0.3) is 11.6 Å². The predicted molar refractivity (Wildman–Crippen MR) is 90.7 cm³/mol. The maximum Gasteiger partial charge on any atom is 0.293 e. The van der Waals surface area contributed by atoms with Gasteiger partial charge in [-0.15, -0.1) is 0 Å². The second kappa shape index (κ2) is 6.57. The Labute approximate surface area is 138 Å². The number of rotatable bonds is 6. The van der Waals surface area contributed by atoms with Gasteiger partial charge in [-0.25, -0.2) is 0 Å². The zero-order valence-electron chi connectivity index (χ0n) is 13.1. The number of nitrogens with zero attached hydrogens (tertiary/aromatic N) is 1. The van der Waals surface area contributed by atoms with E-state index in [1.807, 2.05) is 0 Å². The molecule has 124 valence electrons. The van der Waals surface area contributed by atoms with E-state index in [0.717, 1.165) is 12.8 Å². The number of hydrogen-bond donors (Lipinski definition) is 2. The summed E-state index contributed by atoms with van der Waals surface area (Å²) in [6, 6.07) is 11.7. The minimum atomic E-state index is -0.482. The fraction of sp³-hybridized carbons (Fsp3) is 0.235. The molecule has 7 nitrogen and oxygen atoms in total. The third-order valence-electron chi connectivity index (χ3n) is 3.75. The van der Waals surface area contributed by atoms with E-state index in [9.17, 15) is 14.9 Å². The van der Waals surface area contributed by atoms with Crippen molar-refractivity contribution >= 4 is 23.0 Å². The summed E-state index contributed by atoms with van der Waals surface area (Å²) in [4.78, 5) is 23.2. The van der Waals surface area contributed by atoms with Crippen molar-refractivity contribution in [3.63, 3.8) is 0 Å². The van der Waals surface area contributed by atoms with Crippen molar-refractivity contribution in [2.24, 2.45) is 0 Å². The molecular formula is C17H17N3O4. The number of amides is 1. The molecule has 2 aromatic carbocycles. The second-order valence-electron chi connectivity index (χ2n) is 5.56. The third-order valence-corrected chi connectivity index (χ3v) is 3.75. The molecule has 24 heavy (non-hydrogen) atoms. The highest BCUT2D eigenvalue weighted by molar-refractivity contribution is 6.05. The average Bonchev–Trinajstić information content (AvgIpc) is 3.39. The number of para-hydroxylation sites is 2. The van der Waals surface area contributed by atoms with Crippen LogP contribution in [0.2, 0.25) is 0 Å². The first-order chi connectivity index (χ1) is 11.6. The van der Waals surface area contributed by atoms with E-state index < -0.39 is 10.8 Å². The van der Waals surface area contributed by atoms with Gasteiger partial charge in [-0.05, 0) is 37.1 Å². The van der Waals surface area contributed by atoms with Crippen LogP contribution in [0.5, 0.6) is 5.75 Å². The Balaban J connectivity index is 1.84. The van der Waals surface area contributed by atoms with Crippen LogP contribution < -0.4 is 15.4 Å². The van der Waals surface area contributed by atoms with Crippen LogP contribution in [0.3, 0.4) is 0 Å². The minimum absolute atomic E-state index is 0.102. The van der Waals surface area contributed by atoms with E-state index in [-0.39, 0.29) is 17.3 Å². The van der Waals surface area contributed by atoms with Crippen LogP contribution in [0.25, 0.3) is 0 Å². The lowest BCUT2D eigenvalue weighted by molar-refractivity contribution is -0.384. The highest BCUT2D eigenvalue weighted by Crippen LogP contribution is 2.32. The van der Waals surface area contributed by atoms with Crippen LogP contribution >= 0.6 is 0 Å². The molecule has 1 aliphatic rings. The topological polar surface area (TPSA) is 93.5 Å². The highest BCUT2D eigenvalue weighted by atomic mass is 16.6. The number of ether oxygens (including phenoxy) is 1. The normalized spacial score (nSPS) is 13.2. The molecule has 0 bridgehead atoms. The average molecular weight is 327 g/mol. The Hall–Kier alpha value is -3.09. The monoisotopic (exact) mass is 327 g/mol. The van der Waals surface area contributed by atoms with Crippen molar-refractivity contribution in [2.75, 3.05) is 17.7 Å². The van der Waals surface area contributed by atoms with Crippen LogP contribution in [0, 0.1) is 10.1 Å². The lowest BCUT2D eigenvalue weighted by atomic mass is 10.1. The van der Waals surface area contributed by atoms with Crippen LogP contribution in [-0.4, -0.2) is 24.0 Å². The predicted octanol–water partition coefficient (Wildman–Crippen LogP) is 3.43. The number of carbonyl (C=O) groups excluding carboxylic acids is 1. The van der Waals surface area contributed by atoms with Crippen molar-refractivity contribution in [2.45, 2.75) is 18.9 Å². The van der Waals surface area contributed by atoms with Crippen molar-refractivity contribution < 1.29 is 14.5 Å². The molecule has 1 saturated carbocycles. The number of benzene rings is 2. The number of anilines is 2. The maximum absolute atomic E-state index is 12.4. The van der Waals surface area contributed by atoms with Crippen LogP contribution in [-0.2, 0) is 0 Å². The lowest BCUT2D eigenvalue weighted by Crippen LogP contribution is -2.13. The molecule has 7 heteroatoms. The molecule has 2 aromatic rings. The van der Waals surface area contributed by atoms with Gasteiger partial charge in [0.1, 0.15) is 11.4 Å². The van der Waals surface area contributed by atoms with Gasteiger partial charge in [-0.3, -0.25) is 14.9 Å². The van der Waals surface area contributed by atoms with Gasteiger partial charge in [-0.1, -0.05) is 12.1 Å². The molecule has 0 aromatic heterocycles. The SMILES string of the molecule is COc1ccccc1NC(=O)c1ccc(NC2CC2)c([N+](=O)[O-])c1. The number of hydrogen-bond acceptors (Lipinski definition) is 5. The van der Waals surface area contributed by atoms with Crippen LogP contribution in [0.4, 0.5) is 17.1 Å². The molecule has 0 spiro atoms. The molecule has 0 aliphatic heterocycles. The molecule has 0 heterocycles. The zero-order chi connectivity index (χ0) is 17.1. The standard InChI is InChI=1S/C17H17N3O4/c1-24-16-5-3-2-4-14(16)19-17(21)11-6-9-13(18-12-7-8-12)15(10-11)20(22)23/h2-6,9-10,12,18H,7-8H2,1H3,(H,19,21). The van der Waals surface area contributed by atoms with Crippen LogP contribution in [0.15, 0.2) is 42.5 Å². The molecule has 3 rings (SSSR count). The first kappa shape index (κ1) is 15.8. The fourth-order valence-corrected chi connectivity index (χ4v) is 2.34. The largest absolute Gasteiger partial charge is 0.495 e. The van der Waals surface area contributed by atoms with E-state index >= 15 is 0 Å². The summed E-state index contributed by atoms with van der Waals surface area (Å²) < 4.78 is 5.18. The highest BCUT2D eigenvalue weighted by Gasteiger charge is 2.25. The molecule has 1 aliphatic carbocycles. The van der Waals surface area contributed by atoms with Gasteiger partial charge < -0.3 is 15.4 Å². The Morgan fingerprint density at radius 1 is 1.21 bits per heavy atom. The molecule has 1 amide bonds. The molecule has 0 radical (unpaired) electrons. The molecule has 0 unspecified atom stereocenters. The summed E-state index contributed by atoms with van der Waals surface area (Å²) in [7, 11) is 1.51. The Morgan fingerprint density at radius 2 is 1.96 bits per heavy atom. The van der Waals surface area contributed by atoms with Gasteiger partial charge >= 0.3 is 0 Å². The van der Waals surface area contributed by atoms with Gasteiger partial charge in [0.15, 0.2) is 0 Å². The van der Waals surface area contributed by atoms with E-state index in [4.69, 9.17) is 4.74 Å². The van der Waals surface area contributed by atoms with Gasteiger partial charge in [0.05, 0.1) is 17.7 Å². The summed E-state index contributed by atoms with van der Waals surface area (Å²) in [5.41, 5.74) is 1.06. The number of nitro groups is 1. The van der Waals surface area contributed by atoms with Gasteiger partial charge in [-0.2, -0.15) is 0 Å². The number of nitrogens with one attached hydrogen (secondary N) is 2. The third kappa shape index (κ3) is 3.45. The fourth-order valence-electron chi connectivity index (χ4n) is 2.34. The van der Waals surface area contributed by atoms with Crippen molar-refractivity contribution in [3.8, 4) is 5.75 Å². The summed E-state index contributed by atoms with van der Waals surface area (Å²) in [5, 5.41) is 17.1.